The number of amides is 2. The van der Waals surface area contributed by atoms with E-state index in [4.69, 9.17) is 0 Å². The van der Waals surface area contributed by atoms with Gasteiger partial charge in [-0.2, -0.15) is 13.2 Å². The van der Waals surface area contributed by atoms with Gasteiger partial charge in [-0.15, -0.1) is 0 Å². The molecule has 8 heteroatoms. The van der Waals surface area contributed by atoms with E-state index in [-0.39, 0.29) is 11.5 Å². The van der Waals surface area contributed by atoms with Crippen molar-refractivity contribution in [3.05, 3.63) is 71.3 Å². The van der Waals surface area contributed by atoms with E-state index in [1.54, 1.807) is 23.1 Å². The van der Waals surface area contributed by atoms with Crippen molar-refractivity contribution in [2.24, 2.45) is 0 Å². The first-order chi connectivity index (χ1) is 14.3. The molecule has 0 aromatic heterocycles. The molecule has 1 atom stereocenters. The smallest absolute Gasteiger partial charge is 0.338 e. The molecule has 1 saturated heterocycles. The SMILES string of the molecule is Cc1ccc(C(=O)N2CCN(C(=O)CNC(c3ccccc3)C(F)(F)F)CC2)cc1. The Morgan fingerprint density at radius 1 is 0.933 bits per heavy atom. The van der Waals surface area contributed by atoms with Gasteiger partial charge in [0.2, 0.25) is 5.91 Å². The van der Waals surface area contributed by atoms with Gasteiger partial charge < -0.3 is 9.80 Å². The zero-order chi connectivity index (χ0) is 21.7. The largest absolute Gasteiger partial charge is 0.407 e. The van der Waals surface area contributed by atoms with Crippen LogP contribution in [0.25, 0.3) is 0 Å². The van der Waals surface area contributed by atoms with Crippen molar-refractivity contribution in [2.45, 2.75) is 19.1 Å². The van der Waals surface area contributed by atoms with E-state index in [0.29, 0.717) is 31.7 Å². The van der Waals surface area contributed by atoms with Gasteiger partial charge in [-0.05, 0) is 24.6 Å². The average Bonchev–Trinajstić information content (AvgIpc) is 2.74. The van der Waals surface area contributed by atoms with Gasteiger partial charge in [0.1, 0.15) is 6.04 Å². The summed E-state index contributed by atoms with van der Waals surface area (Å²) in [4.78, 5) is 28.1. The molecule has 1 heterocycles. The number of benzene rings is 2. The number of carbonyl (C=O) groups excluding carboxylic acids is 2. The summed E-state index contributed by atoms with van der Waals surface area (Å²) in [6, 6.07) is 12.8. The lowest BCUT2D eigenvalue weighted by Gasteiger charge is -2.35. The molecular formula is C22H24F3N3O2. The van der Waals surface area contributed by atoms with E-state index in [9.17, 15) is 22.8 Å². The quantitative estimate of drug-likeness (QED) is 0.810. The van der Waals surface area contributed by atoms with Crippen LogP contribution in [0.4, 0.5) is 13.2 Å². The summed E-state index contributed by atoms with van der Waals surface area (Å²) >= 11 is 0. The Balaban J connectivity index is 1.53. The molecule has 1 aliphatic rings. The van der Waals surface area contributed by atoms with E-state index in [1.165, 1.54) is 29.2 Å². The molecule has 1 aliphatic heterocycles. The Bertz CT molecular complexity index is 861. The van der Waals surface area contributed by atoms with E-state index in [1.807, 2.05) is 19.1 Å². The fourth-order valence-electron chi connectivity index (χ4n) is 3.41. The Labute approximate surface area is 173 Å². The number of aryl methyl sites for hydroxylation is 1. The predicted octanol–water partition coefficient (Wildman–Crippen LogP) is 3.17. The normalized spacial score (nSPS) is 15.7. The highest BCUT2D eigenvalue weighted by Gasteiger charge is 2.41. The van der Waals surface area contributed by atoms with Crippen LogP contribution in [0.2, 0.25) is 0 Å². The Hall–Kier alpha value is -2.87. The minimum atomic E-state index is -4.51. The molecule has 30 heavy (non-hydrogen) atoms. The number of carbonyl (C=O) groups is 2. The van der Waals surface area contributed by atoms with Crippen molar-refractivity contribution in [2.75, 3.05) is 32.7 Å². The van der Waals surface area contributed by atoms with Crippen LogP contribution >= 0.6 is 0 Å². The van der Waals surface area contributed by atoms with Crippen LogP contribution in [0.1, 0.15) is 27.5 Å². The molecule has 160 valence electrons. The van der Waals surface area contributed by atoms with Crippen molar-refractivity contribution in [3.8, 4) is 0 Å². The van der Waals surface area contributed by atoms with Gasteiger partial charge in [-0.3, -0.25) is 14.9 Å². The highest BCUT2D eigenvalue weighted by molar-refractivity contribution is 5.94. The summed E-state index contributed by atoms with van der Waals surface area (Å²) in [6.45, 7) is 2.79. The van der Waals surface area contributed by atoms with Gasteiger partial charge in [0.05, 0.1) is 6.54 Å². The van der Waals surface area contributed by atoms with Gasteiger partial charge in [-0.1, -0.05) is 48.0 Å². The lowest BCUT2D eigenvalue weighted by atomic mass is 10.1. The fraction of sp³-hybridized carbons (Fsp3) is 0.364. The topological polar surface area (TPSA) is 52.7 Å². The molecule has 0 aliphatic carbocycles. The summed E-state index contributed by atoms with van der Waals surface area (Å²) in [6.07, 6.45) is -4.51. The number of hydrogen-bond donors (Lipinski definition) is 1. The van der Waals surface area contributed by atoms with Crippen LogP contribution in [-0.4, -0.2) is 60.5 Å². The molecule has 5 nitrogen and oxygen atoms in total. The molecule has 2 amide bonds. The molecule has 2 aromatic rings. The van der Waals surface area contributed by atoms with Crippen LogP contribution in [-0.2, 0) is 4.79 Å². The second-order valence-corrected chi connectivity index (χ2v) is 7.31. The zero-order valence-electron chi connectivity index (χ0n) is 16.7. The maximum atomic E-state index is 13.4. The third kappa shape index (κ3) is 5.38. The number of nitrogens with zero attached hydrogens (tertiary/aromatic N) is 2. The predicted molar refractivity (Wildman–Crippen MR) is 107 cm³/mol. The molecule has 0 spiro atoms. The first kappa shape index (κ1) is 21.8. The lowest BCUT2D eigenvalue weighted by molar-refractivity contribution is -0.159. The number of rotatable bonds is 5. The lowest BCUT2D eigenvalue weighted by Crippen LogP contribution is -2.52. The minimum Gasteiger partial charge on any atom is -0.338 e. The second-order valence-electron chi connectivity index (χ2n) is 7.31. The fourth-order valence-corrected chi connectivity index (χ4v) is 3.41. The van der Waals surface area contributed by atoms with E-state index in [0.717, 1.165) is 5.56 Å². The number of piperazine rings is 1. The molecule has 0 bridgehead atoms. The van der Waals surface area contributed by atoms with Crippen LogP contribution in [0.3, 0.4) is 0 Å². The zero-order valence-corrected chi connectivity index (χ0v) is 16.7. The number of hydrogen-bond acceptors (Lipinski definition) is 3. The van der Waals surface area contributed by atoms with E-state index < -0.39 is 24.7 Å². The maximum Gasteiger partial charge on any atom is 0.407 e. The Morgan fingerprint density at radius 3 is 2.07 bits per heavy atom. The summed E-state index contributed by atoms with van der Waals surface area (Å²) < 4.78 is 40.2. The third-order valence-corrected chi connectivity index (χ3v) is 5.14. The molecule has 1 unspecified atom stereocenters. The van der Waals surface area contributed by atoms with E-state index in [2.05, 4.69) is 5.32 Å². The second kappa shape index (κ2) is 9.30. The van der Waals surface area contributed by atoms with Crippen LogP contribution < -0.4 is 5.32 Å². The number of alkyl halides is 3. The monoisotopic (exact) mass is 419 g/mol. The highest BCUT2D eigenvalue weighted by Crippen LogP contribution is 2.32. The highest BCUT2D eigenvalue weighted by atomic mass is 19.4. The van der Waals surface area contributed by atoms with Crippen LogP contribution in [0.5, 0.6) is 0 Å². The Kier molecular flexibility index (Phi) is 6.77. The maximum absolute atomic E-state index is 13.4. The minimum absolute atomic E-state index is 0.0614. The van der Waals surface area contributed by atoms with Gasteiger partial charge in [-0.25, -0.2) is 0 Å². The number of nitrogens with one attached hydrogen (secondary N) is 1. The standard InChI is InChI=1S/C22H24F3N3O2/c1-16-7-9-18(10-8-16)21(30)28-13-11-27(12-14-28)19(29)15-26-20(22(23,24)25)17-5-3-2-4-6-17/h2-10,20,26H,11-15H2,1H3. The van der Waals surface area contributed by atoms with Gasteiger partial charge in [0, 0.05) is 31.7 Å². The molecule has 0 saturated carbocycles. The van der Waals surface area contributed by atoms with Crippen molar-refractivity contribution in [1.82, 2.24) is 15.1 Å². The van der Waals surface area contributed by atoms with Gasteiger partial charge in [0.25, 0.3) is 5.91 Å². The number of halogens is 3. The summed E-state index contributed by atoms with van der Waals surface area (Å²) in [5, 5.41) is 2.34. The van der Waals surface area contributed by atoms with Crippen molar-refractivity contribution >= 4 is 11.8 Å². The van der Waals surface area contributed by atoms with Crippen molar-refractivity contribution in [3.63, 3.8) is 0 Å². The first-order valence-electron chi connectivity index (χ1n) is 9.74. The molecule has 0 radical (unpaired) electrons. The molecule has 2 aromatic carbocycles. The average molecular weight is 419 g/mol. The van der Waals surface area contributed by atoms with Crippen LogP contribution in [0, 0.1) is 6.92 Å². The molecule has 3 rings (SSSR count). The van der Waals surface area contributed by atoms with Crippen LogP contribution in [0.15, 0.2) is 54.6 Å². The summed E-state index contributed by atoms with van der Waals surface area (Å²) in [5.74, 6) is -0.524. The molecular weight excluding hydrogens is 395 g/mol. The van der Waals surface area contributed by atoms with Gasteiger partial charge >= 0.3 is 6.18 Å². The van der Waals surface area contributed by atoms with Crippen molar-refractivity contribution in [1.29, 1.82) is 0 Å². The van der Waals surface area contributed by atoms with Gasteiger partial charge in [0.15, 0.2) is 0 Å². The molecule has 1 N–H and O–H groups in total. The molecule has 1 fully saturated rings. The van der Waals surface area contributed by atoms with Crippen molar-refractivity contribution < 1.29 is 22.8 Å². The summed E-state index contributed by atoms with van der Waals surface area (Å²) in [5.41, 5.74) is 1.70. The Morgan fingerprint density at radius 2 is 1.50 bits per heavy atom. The van der Waals surface area contributed by atoms with E-state index >= 15 is 0 Å². The third-order valence-electron chi connectivity index (χ3n) is 5.14. The summed E-state index contributed by atoms with van der Waals surface area (Å²) in [7, 11) is 0. The first-order valence-corrected chi connectivity index (χ1v) is 9.74.